The summed E-state index contributed by atoms with van der Waals surface area (Å²) in [6.45, 7) is 1.87. The van der Waals surface area contributed by atoms with E-state index in [-0.39, 0.29) is 24.1 Å². The third kappa shape index (κ3) is 2.47. The second-order valence-electron chi connectivity index (χ2n) is 6.44. The van der Waals surface area contributed by atoms with E-state index >= 15 is 0 Å². The predicted molar refractivity (Wildman–Crippen MR) is 94.1 cm³/mol. The Morgan fingerprint density at radius 1 is 1.22 bits per heavy atom. The van der Waals surface area contributed by atoms with E-state index in [2.05, 4.69) is 25.7 Å². The smallest absolute Gasteiger partial charge is 0.226 e. The van der Waals surface area contributed by atoms with Gasteiger partial charge < -0.3 is 5.32 Å². The van der Waals surface area contributed by atoms with Crippen molar-refractivity contribution in [2.45, 2.75) is 19.3 Å². The first-order chi connectivity index (χ1) is 13.1. The minimum Gasteiger partial charge on any atom is -0.310 e. The number of nitrogens with one attached hydrogen (secondary N) is 1. The number of benzene rings is 1. The number of anilines is 1. The van der Waals surface area contributed by atoms with E-state index in [1.165, 1.54) is 23.0 Å². The van der Waals surface area contributed by atoms with Crippen LogP contribution in [0.5, 0.6) is 0 Å². The molecule has 134 valence electrons. The van der Waals surface area contributed by atoms with Crippen molar-refractivity contribution in [3.8, 4) is 5.82 Å². The van der Waals surface area contributed by atoms with E-state index in [9.17, 15) is 9.18 Å². The highest BCUT2D eigenvalue weighted by atomic mass is 19.1. The molecule has 0 bridgehead atoms. The van der Waals surface area contributed by atoms with E-state index in [0.717, 1.165) is 16.8 Å². The molecule has 1 amide bonds. The van der Waals surface area contributed by atoms with Gasteiger partial charge in [-0.05, 0) is 36.8 Å². The lowest BCUT2D eigenvalue weighted by molar-refractivity contribution is -0.116. The van der Waals surface area contributed by atoms with Gasteiger partial charge in [0.2, 0.25) is 5.91 Å². The van der Waals surface area contributed by atoms with Crippen molar-refractivity contribution in [3.63, 3.8) is 0 Å². The van der Waals surface area contributed by atoms with Crippen LogP contribution in [-0.2, 0) is 4.79 Å². The van der Waals surface area contributed by atoms with E-state index in [0.29, 0.717) is 17.3 Å². The molecule has 1 atom stereocenters. The average Bonchev–Trinajstić information content (AvgIpc) is 3.25. The number of halogens is 1. The Hall–Kier alpha value is -3.62. The predicted octanol–water partition coefficient (Wildman–Crippen LogP) is 2.23. The number of fused-ring (bicyclic) bond motifs is 2. The Morgan fingerprint density at radius 2 is 2.11 bits per heavy atom. The molecule has 0 radical (unpaired) electrons. The van der Waals surface area contributed by atoms with Crippen LogP contribution in [0.15, 0.2) is 42.7 Å². The maximum absolute atomic E-state index is 13.7. The van der Waals surface area contributed by atoms with Gasteiger partial charge >= 0.3 is 0 Å². The first-order valence-corrected chi connectivity index (χ1v) is 8.42. The van der Waals surface area contributed by atoms with Crippen LogP contribution in [0.1, 0.15) is 29.2 Å². The molecule has 1 aliphatic heterocycles. The molecule has 0 spiro atoms. The molecule has 0 unspecified atom stereocenters. The van der Waals surface area contributed by atoms with Crippen molar-refractivity contribution in [1.82, 2.24) is 29.6 Å². The molecular weight excluding hydrogens is 349 g/mol. The molecule has 1 N–H and O–H groups in total. The average molecular weight is 363 g/mol. The van der Waals surface area contributed by atoms with Crippen LogP contribution in [0.4, 0.5) is 10.2 Å². The number of hydrogen-bond donors (Lipinski definition) is 1. The quantitative estimate of drug-likeness (QED) is 0.590. The number of aromatic nitrogens is 6. The van der Waals surface area contributed by atoms with Gasteiger partial charge in [-0.1, -0.05) is 12.1 Å². The lowest BCUT2D eigenvalue weighted by atomic mass is 9.86. The van der Waals surface area contributed by atoms with Crippen molar-refractivity contribution in [1.29, 1.82) is 0 Å². The van der Waals surface area contributed by atoms with Crippen molar-refractivity contribution < 1.29 is 9.18 Å². The Kier molecular flexibility index (Phi) is 3.30. The first kappa shape index (κ1) is 15.6. The molecule has 0 saturated carbocycles. The highest BCUT2D eigenvalue weighted by Crippen LogP contribution is 2.40. The molecule has 9 heteroatoms. The van der Waals surface area contributed by atoms with E-state index in [1.54, 1.807) is 22.9 Å². The summed E-state index contributed by atoms with van der Waals surface area (Å²) in [5.74, 6) is 0.328. The van der Waals surface area contributed by atoms with Crippen LogP contribution in [0.2, 0.25) is 0 Å². The summed E-state index contributed by atoms with van der Waals surface area (Å²) in [6, 6.07) is 9.86. The summed E-state index contributed by atoms with van der Waals surface area (Å²) in [7, 11) is 0. The molecule has 8 nitrogen and oxygen atoms in total. The minimum atomic E-state index is -0.329. The summed E-state index contributed by atoms with van der Waals surface area (Å²) in [4.78, 5) is 12.4. The van der Waals surface area contributed by atoms with Gasteiger partial charge in [-0.3, -0.25) is 4.79 Å². The highest BCUT2D eigenvalue weighted by molar-refractivity contribution is 5.95. The van der Waals surface area contributed by atoms with Crippen molar-refractivity contribution in [3.05, 3.63) is 65.4 Å². The van der Waals surface area contributed by atoms with Gasteiger partial charge in [-0.2, -0.15) is 14.3 Å². The Bertz CT molecular complexity index is 1200. The summed E-state index contributed by atoms with van der Waals surface area (Å²) in [5, 5.41) is 19.7. The standard InChI is InChI=1S/C18H14FN7O/c1-10-17-13(11-3-2-4-12(19)7-11)8-16(27)21-18(17)26(23-10)15-6-5-14-22-20-9-25(14)24-15/h2-7,9,13H,8H2,1H3,(H,21,27)/t13-/m0/s1. The van der Waals surface area contributed by atoms with Crippen LogP contribution < -0.4 is 5.32 Å². The van der Waals surface area contributed by atoms with Gasteiger partial charge in [0.15, 0.2) is 11.5 Å². The van der Waals surface area contributed by atoms with E-state index in [1.807, 2.05) is 13.0 Å². The summed E-state index contributed by atoms with van der Waals surface area (Å²) < 4.78 is 16.9. The normalized spacial score (nSPS) is 16.4. The third-order valence-corrected chi connectivity index (χ3v) is 4.72. The largest absolute Gasteiger partial charge is 0.310 e. The fourth-order valence-corrected chi connectivity index (χ4v) is 3.55. The fourth-order valence-electron chi connectivity index (χ4n) is 3.55. The molecular formula is C18H14FN7O. The van der Waals surface area contributed by atoms with Crippen LogP contribution in [-0.4, -0.2) is 35.5 Å². The van der Waals surface area contributed by atoms with Crippen LogP contribution in [0.3, 0.4) is 0 Å². The zero-order chi connectivity index (χ0) is 18.5. The number of hydrogen-bond acceptors (Lipinski definition) is 5. The van der Waals surface area contributed by atoms with Gasteiger partial charge in [-0.15, -0.1) is 15.3 Å². The Labute approximate surface area is 152 Å². The molecule has 1 aliphatic rings. The summed E-state index contributed by atoms with van der Waals surface area (Å²) >= 11 is 0. The lowest BCUT2D eigenvalue weighted by Gasteiger charge is -2.24. The maximum Gasteiger partial charge on any atom is 0.226 e. The molecule has 0 saturated heterocycles. The van der Waals surface area contributed by atoms with Gasteiger partial charge in [0.1, 0.15) is 18.0 Å². The van der Waals surface area contributed by atoms with E-state index in [4.69, 9.17) is 0 Å². The second kappa shape index (κ2) is 5.70. The molecule has 3 aromatic heterocycles. The third-order valence-electron chi connectivity index (χ3n) is 4.72. The summed E-state index contributed by atoms with van der Waals surface area (Å²) in [5.41, 5.74) is 2.98. The summed E-state index contributed by atoms with van der Waals surface area (Å²) in [6.07, 6.45) is 1.73. The zero-order valence-electron chi connectivity index (χ0n) is 14.3. The topological polar surface area (TPSA) is 90.0 Å². The molecule has 1 aromatic carbocycles. The molecule has 4 aromatic rings. The Morgan fingerprint density at radius 3 is 2.96 bits per heavy atom. The molecule has 0 fully saturated rings. The van der Waals surface area contributed by atoms with Crippen molar-refractivity contribution >= 4 is 17.4 Å². The van der Waals surface area contributed by atoms with Gasteiger partial charge in [0, 0.05) is 17.9 Å². The van der Waals surface area contributed by atoms with E-state index < -0.39 is 0 Å². The molecule has 4 heterocycles. The first-order valence-electron chi connectivity index (χ1n) is 8.42. The zero-order valence-corrected chi connectivity index (χ0v) is 14.3. The molecule has 27 heavy (non-hydrogen) atoms. The number of carbonyl (C=O) groups excluding carboxylic acids is 1. The van der Waals surface area contributed by atoms with Crippen LogP contribution in [0, 0.1) is 12.7 Å². The van der Waals surface area contributed by atoms with Gasteiger partial charge in [0.25, 0.3) is 0 Å². The maximum atomic E-state index is 13.7. The lowest BCUT2D eigenvalue weighted by Crippen LogP contribution is -2.25. The van der Waals surface area contributed by atoms with Gasteiger partial charge in [-0.25, -0.2) is 4.39 Å². The monoisotopic (exact) mass is 363 g/mol. The molecule has 0 aliphatic carbocycles. The highest BCUT2D eigenvalue weighted by Gasteiger charge is 2.33. The number of amides is 1. The SMILES string of the molecule is Cc1nn(-c2ccc3nncn3n2)c2c1[C@H](c1cccc(F)c1)CC(=O)N2. The fraction of sp³-hybridized carbons (Fsp3) is 0.167. The Balaban J connectivity index is 1.68. The van der Waals surface area contributed by atoms with Crippen LogP contribution >= 0.6 is 0 Å². The van der Waals surface area contributed by atoms with Gasteiger partial charge in [0.05, 0.1) is 5.69 Å². The van der Waals surface area contributed by atoms with Crippen molar-refractivity contribution in [2.75, 3.05) is 5.32 Å². The minimum absolute atomic E-state index is 0.150. The number of aryl methyl sites for hydroxylation is 1. The number of nitrogens with zero attached hydrogens (tertiary/aromatic N) is 6. The number of rotatable bonds is 2. The van der Waals surface area contributed by atoms with Crippen molar-refractivity contribution in [2.24, 2.45) is 0 Å². The second-order valence-corrected chi connectivity index (χ2v) is 6.44. The number of carbonyl (C=O) groups is 1. The van der Waals surface area contributed by atoms with Crippen LogP contribution in [0.25, 0.3) is 11.5 Å². The molecule has 5 rings (SSSR count).